The molecule has 24 heavy (non-hydrogen) atoms. The minimum atomic E-state index is -3.67. The molecule has 0 heterocycles. The van der Waals surface area contributed by atoms with Crippen LogP contribution in [0.1, 0.15) is 11.5 Å². The summed E-state index contributed by atoms with van der Waals surface area (Å²) in [7, 11) is -3.67. The highest BCUT2D eigenvalue weighted by Crippen LogP contribution is 2.63. The second-order valence-corrected chi connectivity index (χ2v) is 8.99. The van der Waals surface area contributed by atoms with E-state index < -0.39 is 26.4 Å². The largest absolute Gasteiger partial charge is 0.396 e. The molecular weight excluding hydrogens is 369 g/mol. The Labute approximate surface area is 151 Å². The number of nitrogens with two attached hydrogens (primary N) is 1. The maximum absolute atomic E-state index is 13.1. The molecule has 4 nitrogen and oxygen atoms in total. The molecule has 0 aromatic heterocycles. The summed E-state index contributed by atoms with van der Waals surface area (Å²) in [6.45, 7) is -0.240. The molecule has 0 aliphatic heterocycles. The topological polar surface area (TPSA) is 80.4 Å². The van der Waals surface area contributed by atoms with Gasteiger partial charge in [-0.05, 0) is 42.0 Å². The van der Waals surface area contributed by atoms with Crippen LogP contribution in [0, 0.1) is 5.41 Å². The molecule has 3 atom stereocenters. The fourth-order valence-electron chi connectivity index (χ4n) is 3.42. The first kappa shape index (κ1) is 17.7. The summed E-state index contributed by atoms with van der Waals surface area (Å²) in [6.07, 6.45) is 0. The summed E-state index contributed by atoms with van der Waals surface area (Å²) < 4.78 is 26.1. The van der Waals surface area contributed by atoms with Gasteiger partial charge in [-0.25, -0.2) is 8.42 Å². The van der Waals surface area contributed by atoms with Crippen molar-refractivity contribution in [2.75, 3.05) is 13.2 Å². The van der Waals surface area contributed by atoms with E-state index >= 15 is 0 Å². The molecule has 2 aromatic rings. The van der Waals surface area contributed by atoms with Crippen LogP contribution >= 0.6 is 23.2 Å². The van der Waals surface area contributed by atoms with Crippen molar-refractivity contribution in [3.8, 4) is 0 Å². The van der Waals surface area contributed by atoms with Crippen molar-refractivity contribution < 1.29 is 13.5 Å². The summed E-state index contributed by atoms with van der Waals surface area (Å²) in [5, 5.41) is 10.1. The van der Waals surface area contributed by atoms with Crippen LogP contribution in [-0.2, 0) is 9.84 Å². The first-order chi connectivity index (χ1) is 11.4. The molecular formula is C17H17Cl2NO3S. The van der Waals surface area contributed by atoms with Crippen LogP contribution in [0.5, 0.6) is 0 Å². The number of rotatable bonds is 5. The molecule has 3 rings (SSSR count). The third-order valence-electron chi connectivity index (χ3n) is 4.74. The fraction of sp³-hybridized carbons (Fsp3) is 0.294. The zero-order chi connectivity index (χ0) is 17.5. The van der Waals surface area contributed by atoms with Gasteiger partial charge in [0, 0.05) is 27.9 Å². The Kier molecular flexibility index (Phi) is 4.66. The van der Waals surface area contributed by atoms with Crippen molar-refractivity contribution in [3.05, 3.63) is 64.1 Å². The molecule has 128 valence electrons. The van der Waals surface area contributed by atoms with E-state index in [0.29, 0.717) is 10.0 Å². The van der Waals surface area contributed by atoms with Gasteiger partial charge in [-0.1, -0.05) is 35.3 Å². The molecule has 3 N–H and O–H groups in total. The maximum atomic E-state index is 13.1. The lowest BCUT2D eigenvalue weighted by Crippen LogP contribution is -2.27. The summed E-state index contributed by atoms with van der Waals surface area (Å²) in [5.41, 5.74) is 5.72. The predicted octanol–water partition coefficient (Wildman–Crippen LogP) is 2.87. The van der Waals surface area contributed by atoms with Crippen LogP contribution in [0.3, 0.4) is 0 Å². The molecule has 1 saturated carbocycles. The van der Waals surface area contributed by atoms with Crippen LogP contribution < -0.4 is 5.73 Å². The molecule has 2 aromatic carbocycles. The number of aliphatic hydroxyl groups excluding tert-OH is 1. The molecule has 0 radical (unpaired) electrons. The lowest BCUT2D eigenvalue weighted by Gasteiger charge is -2.12. The van der Waals surface area contributed by atoms with E-state index in [1.165, 1.54) is 24.3 Å². The van der Waals surface area contributed by atoms with Crippen LogP contribution in [0.15, 0.2) is 53.4 Å². The van der Waals surface area contributed by atoms with Gasteiger partial charge in [-0.15, -0.1) is 0 Å². The molecule has 0 amide bonds. The van der Waals surface area contributed by atoms with E-state index in [1.54, 1.807) is 18.2 Å². The lowest BCUT2D eigenvalue weighted by atomic mass is 10.0. The fourth-order valence-corrected chi connectivity index (χ4v) is 6.19. The number of aliphatic hydroxyl groups is 1. The van der Waals surface area contributed by atoms with Crippen molar-refractivity contribution in [1.82, 2.24) is 0 Å². The number of hydrogen-bond donors (Lipinski definition) is 2. The van der Waals surface area contributed by atoms with E-state index in [4.69, 9.17) is 28.9 Å². The van der Waals surface area contributed by atoms with Gasteiger partial charge >= 0.3 is 0 Å². The number of hydrogen-bond acceptors (Lipinski definition) is 4. The first-order valence-electron chi connectivity index (χ1n) is 7.42. The molecule has 1 aliphatic rings. The molecule has 0 unspecified atom stereocenters. The number of benzene rings is 2. The Balaban J connectivity index is 2.06. The Hall–Kier alpha value is -1.11. The highest BCUT2D eigenvalue weighted by molar-refractivity contribution is 7.92. The Morgan fingerprint density at radius 1 is 1.08 bits per heavy atom. The van der Waals surface area contributed by atoms with Crippen molar-refractivity contribution >= 4 is 33.0 Å². The van der Waals surface area contributed by atoms with Gasteiger partial charge in [-0.3, -0.25) is 0 Å². The lowest BCUT2D eigenvalue weighted by molar-refractivity contribution is 0.212. The van der Waals surface area contributed by atoms with Crippen molar-refractivity contribution in [2.45, 2.75) is 16.1 Å². The van der Waals surface area contributed by atoms with Gasteiger partial charge in [0.15, 0.2) is 9.84 Å². The third kappa shape index (κ3) is 2.74. The summed E-state index contributed by atoms with van der Waals surface area (Å²) in [5.74, 6) is -0.396. The second kappa shape index (κ2) is 6.32. The predicted molar refractivity (Wildman–Crippen MR) is 95.2 cm³/mol. The van der Waals surface area contributed by atoms with Crippen molar-refractivity contribution in [1.29, 1.82) is 0 Å². The van der Waals surface area contributed by atoms with Crippen molar-refractivity contribution in [2.24, 2.45) is 11.1 Å². The molecule has 0 saturated heterocycles. The van der Waals surface area contributed by atoms with Crippen LogP contribution in [0.2, 0.25) is 10.0 Å². The monoisotopic (exact) mass is 385 g/mol. The molecule has 1 aliphatic carbocycles. The van der Waals surface area contributed by atoms with Crippen molar-refractivity contribution in [3.63, 3.8) is 0 Å². The SMILES string of the molecule is NC[C@@]1(CO)[C@H](c2cccc(Cl)c2)[C@@H]1S(=O)(=O)c1ccc(Cl)cc1. The van der Waals surface area contributed by atoms with Crippen LogP contribution in [0.25, 0.3) is 0 Å². The zero-order valence-corrected chi connectivity index (χ0v) is 15.0. The molecule has 0 bridgehead atoms. The van der Waals surface area contributed by atoms with Gasteiger partial charge in [0.2, 0.25) is 0 Å². The summed E-state index contributed by atoms with van der Waals surface area (Å²) in [4.78, 5) is 0.174. The quantitative estimate of drug-likeness (QED) is 0.828. The Morgan fingerprint density at radius 2 is 1.75 bits per heavy atom. The highest BCUT2D eigenvalue weighted by atomic mass is 35.5. The molecule has 0 spiro atoms. The minimum absolute atomic E-state index is 0.0676. The standard InChI is InChI=1S/C17H17Cl2NO3S/c18-12-4-6-14(7-5-12)24(22,23)16-15(17(16,9-20)10-21)11-2-1-3-13(19)8-11/h1-8,15-16,21H,9-10,20H2/t15-,16+,17-/m1/s1. The molecule has 7 heteroatoms. The normalized spacial score (nSPS) is 26.3. The Bertz CT molecular complexity index is 848. The third-order valence-corrected chi connectivity index (χ3v) is 7.56. The summed E-state index contributed by atoms with van der Waals surface area (Å²) >= 11 is 11.9. The van der Waals surface area contributed by atoms with E-state index in [0.717, 1.165) is 5.56 Å². The maximum Gasteiger partial charge on any atom is 0.182 e. The molecule has 1 fully saturated rings. The average molecular weight is 386 g/mol. The van der Waals surface area contributed by atoms with Crippen LogP contribution in [0.4, 0.5) is 0 Å². The van der Waals surface area contributed by atoms with Gasteiger partial charge in [0.1, 0.15) is 0 Å². The summed E-state index contributed by atoms with van der Waals surface area (Å²) in [6, 6.07) is 13.0. The van der Waals surface area contributed by atoms with Gasteiger partial charge in [-0.2, -0.15) is 0 Å². The van der Waals surface area contributed by atoms with E-state index in [1.807, 2.05) is 6.07 Å². The van der Waals surface area contributed by atoms with E-state index in [2.05, 4.69) is 0 Å². The van der Waals surface area contributed by atoms with Gasteiger partial charge < -0.3 is 10.8 Å². The average Bonchev–Trinajstić information content (AvgIpc) is 3.26. The highest BCUT2D eigenvalue weighted by Gasteiger charge is 2.70. The van der Waals surface area contributed by atoms with Crippen LogP contribution in [-0.4, -0.2) is 31.9 Å². The first-order valence-corrected chi connectivity index (χ1v) is 9.73. The van der Waals surface area contributed by atoms with E-state index in [9.17, 15) is 13.5 Å². The smallest absolute Gasteiger partial charge is 0.182 e. The van der Waals surface area contributed by atoms with Gasteiger partial charge in [0.05, 0.1) is 16.8 Å². The Morgan fingerprint density at radius 3 is 2.29 bits per heavy atom. The second-order valence-electron chi connectivity index (χ2n) is 6.05. The minimum Gasteiger partial charge on any atom is -0.396 e. The zero-order valence-electron chi connectivity index (χ0n) is 12.7. The number of sulfone groups is 1. The van der Waals surface area contributed by atoms with E-state index in [-0.39, 0.29) is 18.0 Å². The van der Waals surface area contributed by atoms with Gasteiger partial charge in [0.25, 0.3) is 0 Å². The number of halogens is 2.